The van der Waals surface area contributed by atoms with Crippen molar-refractivity contribution in [2.24, 2.45) is 16.3 Å². The molecule has 2 aromatic rings. The fourth-order valence-corrected chi connectivity index (χ4v) is 7.45. The predicted molar refractivity (Wildman–Crippen MR) is 131 cm³/mol. The van der Waals surface area contributed by atoms with Gasteiger partial charge in [-0.05, 0) is 0 Å². The van der Waals surface area contributed by atoms with Gasteiger partial charge in [-0.1, -0.05) is 28.3 Å². The summed E-state index contributed by atoms with van der Waals surface area (Å²) >= 11 is 4.28. The lowest BCUT2D eigenvalue weighted by Gasteiger charge is -2.53. The molecule has 0 spiro atoms. The fourth-order valence-electron chi connectivity index (χ4n) is 3.38. The number of halogens is 3. The van der Waals surface area contributed by atoms with Crippen LogP contribution in [0.5, 0.6) is 0 Å². The van der Waals surface area contributed by atoms with E-state index in [1.807, 2.05) is 0 Å². The third-order valence-electron chi connectivity index (χ3n) is 5.23. The summed E-state index contributed by atoms with van der Waals surface area (Å²) < 4.78 is 41.7. The van der Waals surface area contributed by atoms with Crippen molar-refractivity contribution < 1.29 is 37.5 Å². The molecule has 2 aromatic heterocycles. The molecule has 6 N–H and O–H groups in total. The number of β-lactam (4-membered cyclic amide) rings is 1. The average molecular weight is 614 g/mol. The SMILES string of the molecule is NCc1nnc(SCC2(C(=O)O)CS[C@@H]3C(NC(=O)C(=NOCC(F)(F)F)c4nsc(N)n4)C(=O)N3C2)s1. The van der Waals surface area contributed by atoms with Crippen molar-refractivity contribution in [1.29, 1.82) is 0 Å². The number of carboxylic acid groups (broad SMARTS) is 1. The van der Waals surface area contributed by atoms with Crippen LogP contribution in [-0.4, -0.2) is 95.3 Å². The average Bonchev–Trinajstić information content (AvgIpc) is 3.51. The number of nitrogens with zero attached hydrogens (tertiary/aromatic N) is 6. The summed E-state index contributed by atoms with van der Waals surface area (Å²) in [6.45, 7) is -1.67. The zero-order chi connectivity index (χ0) is 27.7. The first-order valence-corrected chi connectivity index (χ1v) is 14.0. The molecule has 206 valence electrons. The molecule has 21 heteroatoms. The molecule has 2 amide bonds. The van der Waals surface area contributed by atoms with Crippen LogP contribution in [0.1, 0.15) is 10.8 Å². The molecule has 0 bridgehead atoms. The maximum atomic E-state index is 12.9. The zero-order valence-corrected chi connectivity index (χ0v) is 22.1. The Morgan fingerprint density at radius 1 is 1.37 bits per heavy atom. The number of hydrogen-bond acceptors (Lipinski definition) is 15. The molecule has 2 saturated heterocycles. The van der Waals surface area contributed by atoms with Gasteiger partial charge < -0.3 is 31.6 Å². The number of alkyl halides is 3. The number of aliphatic carboxylic acids is 1. The van der Waals surface area contributed by atoms with Crippen molar-refractivity contribution in [2.45, 2.75) is 28.5 Å². The van der Waals surface area contributed by atoms with E-state index >= 15 is 0 Å². The van der Waals surface area contributed by atoms with E-state index in [-0.39, 0.29) is 35.6 Å². The number of nitrogens with two attached hydrogens (primary N) is 2. The molecular formula is C17H18F3N9O5S4. The van der Waals surface area contributed by atoms with E-state index in [2.05, 4.69) is 34.9 Å². The van der Waals surface area contributed by atoms with Crippen LogP contribution in [0.4, 0.5) is 18.3 Å². The number of thioether (sulfide) groups is 2. The summed E-state index contributed by atoms with van der Waals surface area (Å²) in [6.07, 6.45) is -4.71. The van der Waals surface area contributed by atoms with Gasteiger partial charge in [-0.25, -0.2) is 0 Å². The van der Waals surface area contributed by atoms with E-state index in [4.69, 9.17) is 11.5 Å². The van der Waals surface area contributed by atoms with Crippen molar-refractivity contribution in [2.75, 3.05) is 30.4 Å². The number of carbonyl (C=O) groups excluding carboxylic acids is 2. The van der Waals surface area contributed by atoms with Gasteiger partial charge >= 0.3 is 12.1 Å². The second-order valence-electron chi connectivity index (χ2n) is 7.94. The van der Waals surface area contributed by atoms with Crippen LogP contribution in [0.15, 0.2) is 9.50 Å². The van der Waals surface area contributed by atoms with E-state index in [0.29, 0.717) is 20.9 Å². The highest BCUT2D eigenvalue weighted by Gasteiger charge is 2.57. The number of nitrogens with one attached hydrogen (secondary N) is 1. The smallest absolute Gasteiger partial charge is 0.425 e. The van der Waals surface area contributed by atoms with Gasteiger partial charge in [0, 0.05) is 36.1 Å². The van der Waals surface area contributed by atoms with Crippen LogP contribution in [-0.2, 0) is 25.8 Å². The Kier molecular flexibility index (Phi) is 8.30. The molecule has 38 heavy (non-hydrogen) atoms. The molecule has 2 unspecified atom stereocenters. The van der Waals surface area contributed by atoms with Gasteiger partial charge in [0.2, 0.25) is 24.1 Å². The van der Waals surface area contributed by atoms with Crippen LogP contribution < -0.4 is 16.8 Å². The minimum atomic E-state index is -4.71. The number of nitrogen functional groups attached to an aromatic ring is 1. The molecule has 2 aliphatic rings. The first-order chi connectivity index (χ1) is 17.9. The number of carbonyl (C=O) groups is 3. The Balaban J connectivity index is 1.42. The van der Waals surface area contributed by atoms with Gasteiger partial charge in [0.25, 0.3) is 5.91 Å². The maximum Gasteiger partial charge on any atom is 0.425 e. The molecule has 0 radical (unpaired) electrons. The Hall–Kier alpha value is -2.75. The van der Waals surface area contributed by atoms with Crippen LogP contribution in [0, 0.1) is 5.41 Å². The summed E-state index contributed by atoms with van der Waals surface area (Å²) in [5.41, 5.74) is 9.04. The lowest BCUT2D eigenvalue weighted by molar-refractivity contribution is -0.174. The summed E-state index contributed by atoms with van der Waals surface area (Å²) in [4.78, 5) is 47.2. The molecule has 0 aliphatic carbocycles. The summed E-state index contributed by atoms with van der Waals surface area (Å²) in [7, 11) is 0. The van der Waals surface area contributed by atoms with Crippen LogP contribution in [0.3, 0.4) is 0 Å². The first kappa shape index (κ1) is 28.3. The molecule has 0 saturated carbocycles. The van der Waals surface area contributed by atoms with Crippen LogP contribution >= 0.6 is 46.4 Å². The summed E-state index contributed by atoms with van der Waals surface area (Å²) in [5, 5.41) is 23.4. The van der Waals surface area contributed by atoms with Crippen LogP contribution in [0.2, 0.25) is 0 Å². The highest BCUT2D eigenvalue weighted by atomic mass is 32.2. The molecule has 2 fully saturated rings. The second kappa shape index (κ2) is 11.2. The first-order valence-electron chi connectivity index (χ1n) is 10.4. The predicted octanol–water partition coefficient (Wildman–Crippen LogP) is -0.0233. The highest BCUT2D eigenvalue weighted by Crippen LogP contribution is 2.44. The van der Waals surface area contributed by atoms with Gasteiger partial charge in [0.05, 0.1) is 0 Å². The molecule has 0 aromatic carbocycles. The Labute approximate surface area is 227 Å². The van der Waals surface area contributed by atoms with Gasteiger partial charge in [-0.15, -0.1) is 22.0 Å². The number of aromatic nitrogens is 4. The molecule has 3 atom stereocenters. The number of carboxylic acids is 1. The largest absolute Gasteiger partial charge is 0.481 e. The standard InChI is InChI=1S/C17H18F3N9O5S4/c18-17(19,20)3-34-27-7(9-24-14(22)38-28-9)10(30)23-8-11(31)29-2-16(13(32)33,4-35-12(8)29)5-36-15-26-25-6(1-21)37-15/h8,12H,1-5,21H2,(H,23,30)(H,32,33)(H2,22,24,28)/t8?,12-,16?/m1/s1. The Morgan fingerprint density at radius 2 is 2.13 bits per heavy atom. The monoisotopic (exact) mass is 613 g/mol. The topological polar surface area (TPSA) is 212 Å². The molecule has 2 aliphatic heterocycles. The lowest BCUT2D eigenvalue weighted by Crippen LogP contribution is -2.74. The molecule has 14 nitrogen and oxygen atoms in total. The van der Waals surface area contributed by atoms with Gasteiger partial charge in [0.15, 0.2) is 9.47 Å². The van der Waals surface area contributed by atoms with Crippen molar-refractivity contribution in [3.05, 3.63) is 10.8 Å². The lowest BCUT2D eigenvalue weighted by atomic mass is 9.89. The van der Waals surface area contributed by atoms with Crippen LogP contribution in [0.25, 0.3) is 0 Å². The summed E-state index contributed by atoms with van der Waals surface area (Å²) in [6, 6.07) is -1.08. The number of anilines is 1. The van der Waals surface area contributed by atoms with E-state index in [9.17, 15) is 32.7 Å². The van der Waals surface area contributed by atoms with E-state index < -0.39 is 53.1 Å². The minimum absolute atomic E-state index is 0.0688. The number of hydrogen-bond donors (Lipinski definition) is 4. The normalized spacial score (nSPS) is 23.5. The summed E-state index contributed by atoms with van der Waals surface area (Å²) in [5.74, 6) is -2.84. The number of rotatable bonds is 10. The number of oxime groups is 1. The van der Waals surface area contributed by atoms with E-state index in [0.717, 1.165) is 11.8 Å². The van der Waals surface area contributed by atoms with Gasteiger partial charge in [-0.2, -0.15) is 22.5 Å². The fraction of sp³-hybridized carbons (Fsp3) is 0.529. The number of amides is 2. The zero-order valence-electron chi connectivity index (χ0n) is 18.9. The van der Waals surface area contributed by atoms with Crippen molar-refractivity contribution in [3.63, 3.8) is 0 Å². The second-order valence-corrected chi connectivity index (χ2v) is 12.1. The molecular weight excluding hydrogens is 596 g/mol. The van der Waals surface area contributed by atoms with Gasteiger partial charge in [-0.3, -0.25) is 14.4 Å². The van der Waals surface area contributed by atoms with Crippen molar-refractivity contribution >= 4 is 75.0 Å². The van der Waals surface area contributed by atoms with Crippen molar-refractivity contribution in [3.8, 4) is 0 Å². The van der Waals surface area contributed by atoms with E-state index in [1.165, 1.54) is 28.0 Å². The maximum absolute atomic E-state index is 12.9. The molecule has 4 heterocycles. The van der Waals surface area contributed by atoms with Gasteiger partial charge in [0.1, 0.15) is 21.8 Å². The molecule has 4 rings (SSSR count). The Morgan fingerprint density at radius 3 is 2.74 bits per heavy atom. The van der Waals surface area contributed by atoms with E-state index in [1.54, 1.807) is 0 Å². The van der Waals surface area contributed by atoms with Crippen molar-refractivity contribution in [1.82, 2.24) is 29.8 Å². The minimum Gasteiger partial charge on any atom is -0.481 e. The quantitative estimate of drug-likeness (QED) is 0.120. The number of fused-ring (bicyclic) bond motifs is 1. The highest BCUT2D eigenvalue weighted by molar-refractivity contribution is 8.01. The Bertz CT molecular complexity index is 1260. The third-order valence-corrected chi connectivity index (χ3v) is 9.73. The third kappa shape index (κ3) is 6.11.